The molecule has 3 fully saturated rings. The maximum atomic E-state index is 13.2. The molecule has 2 aliphatic heterocycles. The zero-order valence-electron chi connectivity index (χ0n) is 18.6. The summed E-state index contributed by atoms with van der Waals surface area (Å²) < 4.78 is 19.0. The van der Waals surface area contributed by atoms with Gasteiger partial charge >= 0.3 is 0 Å². The van der Waals surface area contributed by atoms with Crippen LogP contribution in [0.1, 0.15) is 63.0 Å². The van der Waals surface area contributed by atoms with Crippen LogP contribution in [0.15, 0.2) is 24.3 Å². The second-order valence-corrected chi connectivity index (χ2v) is 9.42. The molecule has 170 valence electrons. The van der Waals surface area contributed by atoms with Gasteiger partial charge in [0.25, 0.3) is 0 Å². The molecule has 2 saturated heterocycles. The van der Waals surface area contributed by atoms with Crippen molar-refractivity contribution in [3.05, 3.63) is 35.6 Å². The predicted molar refractivity (Wildman–Crippen MR) is 117 cm³/mol. The number of piperidine rings is 1. The first-order valence-electron chi connectivity index (χ1n) is 11.9. The molecule has 2 amide bonds. The summed E-state index contributed by atoms with van der Waals surface area (Å²) in [7, 11) is 1.73. The highest BCUT2D eigenvalue weighted by Crippen LogP contribution is 2.38. The van der Waals surface area contributed by atoms with E-state index in [-0.39, 0.29) is 35.6 Å². The van der Waals surface area contributed by atoms with E-state index < -0.39 is 0 Å². The number of hydrogen-bond acceptors (Lipinski definition) is 4. The van der Waals surface area contributed by atoms with Crippen LogP contribution in [-0.4, -0.2) is 54.9 Å². The Balaban J connectivity index is 1.18. The highest BCUT2D eigenvalue weighted by Gasteiger charge is 2.47. The molecule has 5 nitrogen and oxygen atoms in total. The van der Waals surface area contributed by atoms with Crippen molar-refractivity contribution in [1.29, 1.82) is 0 Å². The smallest absolute Gasteiger partial charge is 0.233 e. The molecular formula is C25H35FN2O3. The SMILES string of the molecule is COC(c1ccc(F)cc1)C1CCN(CCCCN2C(=O)C3CCCCC3C2=O)CC1. The second kappa shape index (κ2) is 10.2. The summed E-state index contributed by atoms with van der Waals surface area (Å²) in [6, 6.07) is 6.66. The van der Waals surface area contributed by atoms with Crippen LogP contribution in [-0.2, 0) is 14.3 Å². The zero-order chi connectivity index (χ0) is 21.8. The fourth-order valence-corrected chi connectivity index (χ4v) is 5.79. The molecule has 0 bridgehead atoms. The van der Waals surface area contributed by atoms with Crippen LogP contribution in [0.2, 0.25) is 0 Å². The van der Waals surface area contributed by atoms with Gasteiger partial charge in [-0.15, -0.1) is 0 Å². The van der Waals surface area contributed by atoms with Crippen LogP contribution < -0.4 is 0 Å². The Morgan fingerprint density at radius 3 is 2.10 bits per heavy atom. The van der Waals surface area contributed by atoms with E-state index in [0.29, 0.717) is 12.5 Å². The standard InChI is InChI=1S/C25H35FN2O3/c1-31-23(18-8-10-20(26)11-9-18)19-12-16-27(17-13-19)14-4-5-15-28-24(29)21-6-2-3-7-22(21)25(28)30/h8-11,19,21-23H,2-7,12-17H2,1H3. The van der Waals surface area contributed by atoms with Gasteiger partial charge in [0.05, 0.1) is 17.9 Å². The molecule has 3 atom stereocenters. The van der Waals surface area contributed by atoms with Gasteiger partial charge in [-0.2, -0.15) is 0 Å². The van der Waals surface area contributed by atoms with Crippen LogP contribution >= 0.6 is 0 Å². The van der Waals surface area contributed by atoms with Gasteiger partial charge in [0.15, 0.2) is 0 Å². The van der Waals surface area contributed by atoms with E-state index in [4.69, 9.17) is 4.74 Å². The van der Waals surface area contributed by atoms with E-state index in [1.807, 2.05) is 12.1 Å². The number of halogens is 1. The van der Waals surface area contributed by atoms with Gasteiger partial charge in [-0.05, 0) is 81.8 Å². The van der Waals surface area contributed by atoms with E-state index in [1.165, 1.54) is 12.1 Å². The van der Waals surface area contributed by atoms with Gasteiger partial charge in [-0.25, -0.2) is 4.39 Å². The van der Waals surface area contributed by atoms with Gasteiger partial charge in [0, 0.05) is 13.7 Å². The Morgan fingerprint density at radius 2 is 1.52 bits per heavy atom. The second-order valence-electron chi connectivity index (χ2n) is 9.42. The Bertz CT molecular complexity index is 737. The van der Waals surface area contributed by atoms with Gasteiger partial charge in [-0.1, -0.05) is 25.0 Å². The highest BCUT2D eigenvalue weighted by molar-refractivity contribution is 6.05. The molecule has 6 heteroatoms. The summed E-state index contributed by atoms with van der Waals surface area (Å²) in [4.78, 5) is 29.2. The van der Waals surface area contributed by atoms with Crippen LogP contribution in [0.25, 0.3) is 0 Å². The van der Waals surface area contributed by atoms with Crippen LogP contribution in [0, 0.1) is 23.6 Å². The minimum absolute atomic E-state index is 0.0125. The van der Waals surface area contributed by atoms with Crippen LogP contribution in [0.3, 0.4) is 0 Å². The highest BCUT2D eigenvalue weighted by atomic mass is 19.1. The summed E-state index contributed by atoms with van der Waals surface area (Å²) in [5.41, 5.74) is 1.04. The van der Waals surface area contributed by atoms with Crippen molar-refractivity contribution in [1.82, 2.24) is 9.80 Å². The minimum atomic E-state index is -0.218. The molecule has 0 N–H and O–H groups in total. The van der Waals surface area contributed by atoms with Crippen molar-refractivity contribution in [2.45, 2.75) is 57.5 Å². The third-order valence-corrected chi connectivity index (χ3v) is 7.55. The number of carbonyl (C=O) groups is 2. The molecule has 3 aliphatic rings. The zero-order valence-corrected chi connectivity index (χ0v) is 18.6. The Morgan fingerprint density at radius 1 is 0.935 bits per heavy atom. The number of unbranched alkanes of at least 4 members (excludes halogenated alkanes) is 1. The average molecular weight is 431 g/mol. The molecular weight excluding hydrogens is 395 g/mol. The normalized spacial score (nSPS) is 26.3. The van der Waals surface area contributed by atoms with Gasteiger partial charge in [0.1, 0.15) is 5.82 Å². The summed E-state index contributed by atoms with van der Waals surface area (Å²) in [5.74, 6) is 0.327. The van der Waals surface area contributed by atoms with E-state index in [9.17, 15) is 14.0 Å². The molecule has 0 spiro atoms. The molecule has 2 heterocycles. The van der Waals surface area contributed by atoms with E-state index in [2.05, 4.69) is 4.90 Å². The fourth-order valence-electron chi connectivity index (χ4n) is 5.79. The van der Waals surface area contributed by atoms with E-state index >= 15 is 0 Å². The number of imide groups is 1. The number of methoxy groups -OCH3 is 1. The van der Waals surface area contributed by atoms with Gasteiger partial charge < -0.3 is 9.64 Å². The van der Waals surface area contributed by atoms with Gasteiger partial charge in [-0.3, -0.25) is 14.5 Å². The minimum Gasteiger partial charge on any atom is -0.376 e. The molecule has 31 heavy (non-hydrogen) atoms. The first-order chi connectivity index (χ1) is 15.1. The maximum absolute atomic E-state index is 13.2. The van der Waals surface area contributed by atoms with Crippen LogP contribution in [0.5, 0.6) is 0 Å². The van der Waals surface area contributed by atoms with Crippen molar-refractivity contribution in [2.24, 2.45) is 17.8 Å². The van der Waals surface area contributed by atoms with Gasteiger partial charge in [0.2, 0.25) is 11.8 Å². The number of rotatable bonds is 8. The summed E-state index contributed by atoms with van der Waals surface area (Å²) in [5, 5.41) is 0. The third kappa shape index (κ3) is 5.01. The first-order valence-corrected chi connectivity index (χ1v) is 11.9. The molecule has 3 unspecified atom stereocenters. The van der Waals surface area contributed by atoms with Crippen molar-refractivity contribution >= 4 is 11.8 Å². The number of carbonyl (C=O) groups excluding carboxylic acids is 2. The monoisotopic (exact) mass is 430 g/mol. The fraction of sp³-hybridized carbons (Fsp3) is 0.680. The van der Waals surface area contributed by atoms with E-state index in [1.54, 1.807) is 12.0 Å². The lowest BCUT2D eigenvalue weighted by Crippen LogP contribution is -2.37. The molecule has 1 aliphatic carbocycles. The van der Waals surface area contributed by atoms with Crippen molar-refractivity contribution in [2.75, 3.05) is 33.3 Å². The Hall–Kier alpha value is -1.79. The number of fused-ring (bicyclic) bond motifs is 1. The molecule has 0 radical (unpaired) electrons. The quantitative estimate of drug-likeness (QED) is 0.459. The predicted octanol–water partition coefficient (Wildman–Crippen LogP) is 4.18. The summed E-state index contributed by atoms with van der Waals surface area (Å²) >= 11 is 0. The lowest BCUT2D eigenvalue weighted by Gasteiger charge is -2.35. The Kier molecular flexibility index (Phi) is 7.39. The number of amides is 2. The first kappa shape index (κ1) is 22.4. The van der Waals surface area contributed by atoms with Crippen molar-refractivity contribution in [3.63, 3.8) is 0 Å². The topological polar surface area (TPSA) is 49.9 Å². The Labute approximate surface area is 184 Å². The third-order valence-electron chi connectivity index (χ3n) is 7.55. The summed E-state index contributed by atoms with van der Waals surface area (Å²) in [6.45, 7) is 3.64. The number of hydrogen-bond donors (Lipinski definition) is 0. The molecule has 4 rings (SSSR count). The number of nitrogens with zero attached hydrogens (tertiary/aromatic N) is 2. The maximum Gasteiger partial charge on any atom is 0.233 e. The molecule has 1 aromatic rings. The number of likely N-dealkylation sites (tertiary alicyclic amines) is 2. The molecule has 0 aromatic heterocycles. The summed E-state index contributed by atoms with van der Waals surface area (Å²) in [6.07, 6.45) is 7.95. The van der Waals surface area contributed by atoms with Crippen LogP contribution in [0.4, 0.5) is 4.39 Å². The lowest BCUT2D eigenvalue weighted by atomic mass is 9.81. The molecule has 1 aromatic carbocycles. The number of ether oxygens (including phenoxy) is 1. The molecule has 1 saturated carbocycles. The van der Waals surface area contributed by atoms with E-state index in [0.717, 1.165) is 76.6 Å². The average Bonchev–Trinajstić information content (AvgIpc) is 3.04. The number of benzene rings is 1. The largest absolute Gasteiger partial charge is 0.376 e. The van der Waals surface area contributed by atoms with Crippen molar-refractivity contribution < 1.29 is 18.7 Å². The van der Waals surface area contributed by atoms with Crippen molar-refractivity contribution in [3.8, 4) is 0 Å². The lowest BCUT2D eigenvalue weighted by molar-refractivity contribution is -0.140.